The van der Waals surface area contributed by atoms with Gasteiger partial charge in [0.05, 0.1) is 17.0 Å². The summed E-state index contributed by atoms with van der Waals surface area (Å²) in [4.78, 5) is 25.3. The maximum atomic E-state index is 6.63. The van der Waals surface area contributed by atoms with Gasteiger partial charge < -0.3 is 4.42 Å². The van der Waals surface area contributed by atoms with Crippen LogP contribution in [0, 0.1) is 0 Å². The number of hydrogen-bond donors (Lipinski definition) is 0. The van der Waals surface area contributed by atoms with Crippen molar-refractivity contribution < 1.29 is 4.42 Å². The van der Waals surface area contributed by atoms with Crippen LogP contribution in [0.4, 0.5) is 0 Å². The van der Waals surface area contributed by atoms with Crippen LogP contribution in [0.5, 0.6) is 0 Å². The molecule has 276 valence electrons. The van der Waals surface area contributed by atoms with Crippen molar-refractivity contribution in [1.82, 2.24) is 24.9 Å². The summed E-state index contributed by atoms with van der Waals surface area (Å²) >= 11 is 0. The largest absolute Gasteiger partial charge is 0.455 e. The lowest BCUT2D eigenvalue weighted by Crippen LogP contribution is -2.00. The Morgan fingerprint density at radius 1 is 0.288 bits per heavy atom. The number of fused-ring (bicyclic) bond motifs is 4. The summed E-state index contributed by atoms with van der Waals surface area (Å²) in [5.74, 6) is 2.46. The van der Waals surface area contributed by atoms with Crippen LogP contribution in [0.3, 0.4) is 0 Å². The Balaban J connectivity index is 1.02. The first-order valence-corrected chi connectivity index (χ1v) is 19.6. The topological polar surface area (TPSA) is 77.6 Å². The number of benzene rings is 8. The van der Waals surface area contributed by atoms with Gasteiger partial charge in [0, 0.05) is 38.6 Å². The Kier molecular flexibility index (Phi) is 8.37. The molecule has 0 fully saturated rings. The molecule has 0 spiro atoms. The van der Waals surface area contributed by atoms with Crippen molar-refractivity contribution in [3.63, 3.8) is 0 Å². The van der Waals surface area contributed by atoms with Gasteiger partial charge >= 0.3 is 0 Å². The predicted octanol–water partition coefficient (Wildman–Crippen LogP) is 13.4. The van der Waals surface area contributed by atoms with Crippen molar-refractivity contribution in [2.24, 2.45) is 0 Å². The standard InChI is InChI=1S/C53H33N5O/c1-4-15-34(16-5-1)46-33-47(55-53(54-46)44-28-14-27-43-45-31-39-21-10-11-22-40(39)32-48(45)59-49(43)44)41-25-12-23-37(29-41)38-24-13-26-42(30-38)52-57-50(35-17-6-2-7-18-35)56-51(58-52)36-19-8-3-9-20-36/h1-33H. The number of nitrogens with zero attached hydrogens (tertiary/aromatic N) is 5. The third kappa shape index (κ3) is 6.49. The number of para-hydroxylation sites is 1. The van der Waals surface area contributed by atoms with Gasteiger partial charge in [0.25, 0.3) is 0 Å². The first-order valence-electron chi connectivity index (χ1n) is 19.6. The second kappa shape index (κ2) is 14.4. The average molecular weight is 756 g/mol. The van der Waals surface area contributed by atoms with Gasteiger partial charge in [0.2, 0.25) is 0 Å². The average Bonchev–Trinajstić information content (AvgIpc) is 3.69. The van der Waals surface area contributed by atoms with E-state index in [0.29, 0.717) is 23.3 Å². The highest BCUT2D eigenvalue weighted by atomic mass is 16.3. The lowest BCUT2D eigenvalue weighted by Gasteiger charge is -2.12. The van der Waals surface area contributed by atoms with E-state index in [0.717, 1.165) is 83.2 Å². The second-order valence-electron chi connectivity index (χ2n) is 14.5. The van der Waals surface area contributed by atoms with Crippen molar-refractivity contribution in [2.75, 3.05) is 0 Å². The van der Waals surface area contributed by atoms with Crippen molar-refractivity contribution >= 4 is 32.7 Å². The van der Waals surface area contributed by atoms with E-state index < -0.39 is 0 Å². The van der Waals surface area contributed by atoms with E-state index in [1.165, 1.54) is 5.39 Å². The molecule has 0 radical (unpaired) electrons. The Bertz CT molecular complexity index is 3270. The fourth-order valence-corrected chi connectivity index (χ4v) is 7.77. The molecule has 0 bridgehead atoms. The molecular formula is C53H33N5O. The van der Waals surface area contributed by atoms with E-state index in [-0.39, 0.29) is 0 Å². The summed E-state index contributed by atoms with van der Waals surface area (Å²) in [5.41, 5.74) is 10.9. The lowest BCUT2D eigenvalue weighted by molar-refractivity contribution is 0.670. The second-order valence-corrected chi connectivity index (χ2v) is 14.5. The molecule has 0 aliphatic rings. The van der Waals surface area contributed by atoms with Gasteiger partial charge in [-0.15, -0.1) is 0 Å². The van der Waals surface area contributed by atoms with Crippen molar-refractivity contribution in [1.29, 1.82) is 0 Å². The Hall–Kier alpha value is -8.09. The van der Waals surface area contributed by atoms with E-state index in [9.17, 15) is 0 Å². The smallest absolute Gasteiger partial charge is 0.164 e. The van der Waals surface area contributed by atoms with Crippen LogP contribution >= 0.6 is 0 Å². The minimum absolute atomic E-state index is 0.598. The van der Waals surface area contributed by atoms with Crippen LogP contribution in [0.25, 0.3) is 112 Å². The van der Waals surface area contributed by atoms with Crippen LogP contribution in [-0.2, 0) is 0 Å². The molecule has 0 amide bonds. The molecule has 8 aromatic carbocycles. The van der Waals surface area contributed by atoms with Gasteiger partial charge in [-0.05, 0) is 58.3 Å². The molecule has 0 atom stereocenters. The lowest BCUT2D eigenvalue weighted by atomic mass is 9.99. The minimum Gasteiger partial charge on any atom is -0.455 e. The number of rotatable bonds is 7. The first-order chi connectivity index (χ1) is 29.2. The molecular weight excluding hydrogens is 723 g/mol. The summed E-state index contributed by atoms with van der Waals surface area (Å²) in [6, 6.07) is 68.2. The molecule has 0 saturated heterocycles. The summed E-state index contributed by atoms with van der Waals surface area (Å²) in [6.07, 6.45) is 0. The molecule has 0 unspecified atom stereocenters. The van der Waals surface area contributed by atoms with E-state index >= 15 is 0 Å². The summed E-state index contributed by atoms with van der Waals surface area (Å²) in [5, 5.41) is 4.41. The van der Waals surface area contributed by atoms with Gasteiger partial charge in [-0.25, -0.2) is 24.9 Å². The van der Waals surface area contributed by atoms with Gasteiger partial charge in [0.15, 0.2) is 23.3 Å². The third-order valence-corrected chi connectivity index (χ3v) is 10.7. The van der Waals surface area contributed by atoms with Gasteiger partial charge in [-0.2, -0.15) is 0 Å². The molecule has 0 aliphatic heterocycles. The molecule has 11 rings (SSSR count). The van der Waals surface area contributed by atoms with Crippen LogP contribution < -0.4 is 0 Å². The summed E-state index contributed by atoms with van der Waals surface area (Å²) < 4.78 is 6.63. The quantitative estimate of drug-likeness (QED) is 0.161. The summed E-state index contributed by atoms with van der Waals surface area (Å²) in [7, 11) is 0. The molecule has 0 aliphatic carbocycles. The van der Waals surface area contributed by atoms with E-state index in [4.69, 9.17) is 29.3 Å². The highest BCUT2D eigenvalue weighted by molar-refractivity contribution is 6.13. The highest BCUT2D eigenvalue weighted by Crippen LogP contribution is 2.38. The SMILES string of the molecule is c1ccc(-c2cc(-c3cccc(-c4cccc(-c5nc(-c6ccccc6)nc(-c6ccccc6)n5)c4)c3)nc(-c3cccc4c3oc3cc5ccccc5cc34)n2)cc1. The van der Waals surface area contributed by atoms with Gasteiger partial charge in [-0.3, -0.25) is 0 Å². The van der Waals surface area contributed by atoms with Crippen LogP contribution in [0.2, 0.25) is 0 Å². The molecule has 0 saturated carbocycles. The van der Waals surface area contributed by atoms with E-state index in [2.05, 4.69) is 115 Å². The van der Waals surface area contributed by atoms with E-state index in [1.807, 2.05) is 84.9 Å². The maximum absolute atomic E-state index is 6.63. The van der Waals surface area contributed by atoms with Crippen LogP contribution in [0.15, 0.2) is 205 Å². The van der Waals surface area contributed by atoms with Crippen molar-refractivity contribution in [2.45, 2.75) is 0 Å². The Morgan fingerprint density at radius 2 is 0.763 bits per heavy atom. The minimum atomic E-state index is 0.598. The Morgan fingerprint density at radius 3 is 1.41 bits per heavy atom. The van der Waals surface area contributed by atoms with Crippen LogP contribution in [0.1, 0.15) is 0 Å². The fraction of sp³-hybridized carbons (Fsp3) is 0. The summed E-state index contributed by atoms with van der Waals surface area (Å²) in [6.45, 7) is 0. The van der Waals surface area contributed by atoms with E-state index in [1.54, 1.807) is 0 Å². The van der Waals surface area contributed by atoms with Crippen LogP contribution in [-0.4, -0.2) is 24.9 Å². The molecule has 6 nitrogen and oxygen atoms in total. The maximum Gasteiger partial charge on any atom is 0.164 e. The van der Waals surface area contributed by atoms with Gasteiger partial charge in [-0.1, -0.05) is 164 Å². The van der Waals surface area contributed by atoms with Crippen molar-refractivity contribution in [3.05, 3.63) is 200 Å². The molecule has 59 heavy (non-hydrogen) atoms. The number of aromatic nitrogens is 5. The zero-order chi connectivity index (χ0) is 39.1. The first kappa shape index (κ1) is 34.2. The third-order valence-electron chi connectivity index (χ3n) is 10.7. The number of hydrogen-bond acceptors (Lipinski definition) is 6. The predicted molar refractivity (Wildman–Crippen MR) is 238 cm³/mol. The fourth-order valence-electron chi connectivity index (χ4n) is 7.77. The Labute approximate surface area is 340 Å². The van der Waals surface area contributed by atoms with Crippen molar-refractivity contribution in [3.8, 4) is 79.2 Å². The normalized spacial score (nSPS) is 11.4. The zero-order valence-corrected chi connectivity index (χ0v) is 31.7. The molecule has 3 heterocycles. The zero-order valence-electron chi connectivity index (χ0n) is 31.7. The van der Waals surface area contributed by atoms with Gasteiger partial charge in [0.1, 0.15) is 11.2 Å². The number of furan rings is 1. The molecule has 11 aromatic rings. The molecule has 6 heteroatoms. The molecule has 3 aromatic heterocycles. The monoisotopic (exact) mass is 755 g/mol. The highest BCUT2D eigenvalue weighted by Gasteiger charge is 2.18. The molecule has 0 N–H and O–H groups in total.